The summed E-state index contributed by atoms with van der Waals surface area (Å²) in [7, 11) is -2.58. The van der Waals surface area contributed by atoms with Crippen LogP contribution in [0.4, 0.5) is 4.79 Å². The van der Waals surface area contributed by atoms with Gasteiger partial charge in [-0.1, -0.05) is 23.7 Å². The minimum atomic E-state index is -4.04. The van der Waals surface area contributed by atoms with Crippen molar-refractivity contribution in [3.05, 3.63) is 58.6 Å². The van der Waals surface area contributed by atoms with E-state index in [1.807, 2.05) is 4.72 Å². The Morgan fingerprint density at radius 2 is 1.88 bits per heavy atom. The van der Waals surface area contributed by atoms with Gasteiger partial charge in [-0.3, -0.25) is 4.79 Å². The summed E-state index contributed by atoms with van der Waals surface area (Å²) in [6.07, 6.45) is 2.53. The molecule has 0 aliphatic heterocycles. The van der Waals surface area contributed by atoms with E-state index >= 15 is 0 Å². The number of carbonyl (C=O) groups excluding carboxylic acids is 2. The lowest BCUT2D eigenvalue weighted by Gasteiger charge is -2.26. The molecule has 1 aliphatic rings. The standard InChI is InChI=1S/C23H28ClN3O6S/c1-33-21-10-7-16(24)13-20(21)22(29)25-12-11-15-5-8-19(9-6-15)34(31,32)27-23(30)26-17-3-2-4-18(28)14-17/h5-10,13,17-18,28H,2-4,11-12,14H2,1H3,(H,25,29)(H2,26,27,30)/t17-,18+/m1/s1. The molecule has 184 valence electrons. The van der Waals surface area contributed by atoms with Crippen LogP contribution in [0.1, 0.15) is 41.6 Å². The van der Waals surface area contributed by atoms with Crippen LogP contribution in [0.15, 0.2) is 47.4 Å². The van der Waals surface area contributed by atoms with Gasteiger partial charge in [0.05, 0.1) is 23.7 Å². The second-order valence-corrected chi connectivity index (χ2v) is 10.2. The summed E-state index contributed by atoms with van der Waals surface area (Å²) in [5, 5.41) is 15.5. The Labute approximate surface area is 203 Å². The van der Waals surface area contributed by atoms with Crippen LogP contribution in [0, 0.1) is 0 Å². The number of nitrogens with one attached hydrogen (secondary N) is 3. The SMILES string of the molecule is COc1ccc(Cl)cc1C(=O)NCCc1ccc(S(=O)(=O)NC(=O)N[C@@H]2CCC[C@H](O)C2)cc1. The number of ether oxygens (including phenoxy) is 1. The molecular formula is C23H28ClN3O6S. The number of hydrogen-bond donors (Lipinski definition) is 4. The van der Waals surface area contributed by atoms with Gasteiger partial charge in [-0.05, 0) is 68.0 Å². The summed E-state index contributed by atoms with van der Waals surface area (Å²) in [5.74, 6) is 0.0758. The molecule has 0 saturated heterocycles. The fourth-order valence-corrected chi connectivity index (χ4v) is 4.89. The molecular weight excluding hydrogens is 482 g/mol. The maximum atomic E-state index is 12.5. The van der Waals surface area contributed by atoms with Crippen molar-refractivity contribution >= 4 is 33.6 Å². The van der Waals surface area contributed by atoms with E-state index < -0.39 is 22.2 Å². The van der Waals surface area contributed by atoms with Gasteiger partial charge in [0.1, 0.15) is 5.75 Å². The van der Waals surface area contributed by atoms with Crippen molar-refractivity contribution in [3.8, 4) is 5.75 Å². The highest BCUT2D eigenvalue weighted by molar-refractivity contribution is 7.90. The average molecular weight is 510 g/mol. The van der Waals surface area contributed by atoms with Crippen LogP contribution in [-0.2, 0) is 16.4 Å². The first kappa shape index (κ1) is 25.8. The first-order valence-electron chi connectivity index (χ1n) is 10.9. The van der Waals surface area contributed by atoms with Crippen molar-refractivity contribution in [2.45, 2.75) is 49.1 Å². The Bertz CT molecular complexity index is 1120. The van der Waals surface area contributed by atoms with Gasteiger partial charge in [0.25, 0.3) is 15.9 Å². The third-order valence-electron chi connectivity index (χ3n) is 5.55. The molecule has 11 heteroatoms. The fraction of sp³-hybridized carbons (Fsp3) is 0.391. The zero-order valence-corrected chi connectivity index (χ0v) is 20.3. The molecule has 1 aliphatic carbocycles. The number of aliphatic hydroxyl groups excluding tert-OH is 1. The number of urea groups is 1. The molecule has 1 saturated carbocycles. The molecule has 0 bridgehead atoms. The summed E-state index contributed by atoms with van der Waals surface area (Å²) in [6.45, 7) is 0.314. The second kappa shape index (κ2) is 11.5. The zero-order valence-electron chi connectivity index (χ0n) is 18.7. The first-order chi connectivity index (χ1) is 16.2. The molecule has 0 unspecified atom stereocenters. The molecule has 34 heavy (non-hydrogen) atoms. The lowest BCUT2D eigenvalue weighted by Crippen LogP contribution is -2.46. The number of hydrogen-bond acceptors (Lipinski definition) is 6. The molecule has 2 aromatic rings. The molecule has 3 amide bonds. The third-order valence-corrected chi connectivity index (χ3v) is 7.13. The minimum absolute atomic E-state index is 0.0530. The zero-order chi connectivity index (χ0) is 24.7. The summed E-state index contributed by atoms with van der Waals surface area (Å²) >= 11 is 5.96. The largest absolute Gasteiger partial charge is 0.496 e. The van der Waals surface area contributed by atoms with E-state index in [4.69, 9.17) is 16.3 Å². The van der Waals surface area contributed by atoms with Gasteiger partial charge < -0.3 is 20.5 Å². The number of methoxy groups -OCH3 is 1. The lowest BCUT2D eigenvalue weighted by molar-refractivity contribution is 0.0951. The van der Waals surface area contributed by atoms with Crippen molar-refractivity contribution < 1.29 is 27.9 Å². The lowest BCUT2D eigenvalue weighted by atomic mass is 9.93. The van der Waals surface area contributed by atoms with Crippen LogP contribution in [0.3, 0.4) is 0 Å². The molecule has 2 aromatic carbocycles. The highest BCUT2D eigenvalue weighted by Gasteiger charge is 2.24. The quantitative estimate of drug-likeness (QED) is 0.432. The number of benzene rings is 2. The van der Waals surface area contributed by atoms with E-state index in [1.54, 1.807) is 24.3 Å². The van der Waals surface area contributed by atoms with E-state index in [-0.39, 0.29) is 16.8 Å². The predicted molar refractivity (Wildman–Crippen MR) is 128 cm³/mol. The van der Waals surface area contributed by atoms with Crippen molar-refractivity contribution in [1.29, 1.82) is 0 Å². The Kier molecular flexibility index (Phi) is 8.76. The maximum Gasteiger partial charge on any atom is 0.328 e. The summed E-state index contributed by atoms with van der Waals surface area (Å²) < 4.78 is 32.2. The Morgan fingerprint density at radius 3 is 2.56 bits per heavy atom. The van der Waals surface area contributed by atoms with Crippen LogP contribution >= 0.6 is 11.6 Å². The highest BCUT2D eigenvalue weighted by atomic mass is 35.5. The Morgan fingerprint density at radius 1 is 1.15 bits per heavy atom. The first-order valence-corrected chi connectivity index (χ1v) is 12.8. The smallest absolute Gasteiger partial charge is 0.328 e. The van der Waals surface area contributed by atoms with Crippen LogP contribution in [0.2, 0.25) is 5.02 Å². The van der Waals surface area contributed by atoms with Crippen molar-refractivity contribution in [3.63, 3.8) is 0 Å². The Hall–Kier alpha value is -2.82. The van der Waals surface area contributed by atoms with Gasteiger partial charge in [-0.15, -0.1) is 0 Å². The summed E-state index contributed by atoms with van der Waals surface area (Å²) in [4.78, 5) is 24.5. The van der Waals surface area contributed by atoms with E-state index in [1.165, 1.54) is 25.3 Å². The number of sulfonamides is 1. The summed E-state index contributed by atoms with van der Waals surface area (Å²) in [5.41, 5.74) is 1.13. The maximum absolute atomic E-state index is 12.5. The molecule has 0 heterocycles. The topological polar surface area (TPSA) is 134 Å². The van der Waals surface area contributed by atoms with Crippen LogP contribution in [0.5, 0.6) is 5.75 Å². The number of rotatable bonds is 8. The van der Waals surface area contributed by atoms with Crippen molar-refractivity contribution in [2.24, 2.45) is 0 Å². The minimum Gasteiger partial charge on any atom is -0.496 e. The van der Waals surface area contributed by atoms with E-state index in [2.05, 4.69) is 10.6 Å². The van der Waals surface area contributed by atoms with Gasteiger partial charge in [0.15, 0.2) is 0 Å². The van der Waals surface area contributed by atoms with E-state index in [0.717, 1.165) is 12.0 Å². The molecule has 0 aromatic heterocycles. The van der Waals surface area contributed by atoms with E-state index in [9.17, 15) is 23.1 Å². The van der Waals surface area contributed by atoms with Gasteiger partial charge in [0, 0.05) is 17.6 Å². The molecule has 3 rings (SSSR count). The molecule has 0 spiro atoms. The second-order valence-electron chi connectivity index (χ2n) is 8.09. The monoisotopic (exact) mass is 509 g/mol. The van der Waals surface area contributed by atoms with Gasteiger partial charge >= 0.3 is 6.03 Å². The predicted octanol–water partition coefficient (Wildman–Crippen LogP) is 2.61. The number of amides is 3. The Balaban J connectivity index is 1.51. The highest BCUT2D eigenvalue weighted by Crippen LogP contribution is 2.22. The van der Waals surface area contributed by atoms with Crippen molar-refractivity contribution in [1.82, 2.24) is 15.4 Å². The normalized spacial score (nSPS) is 18.1. The fourth-order valence-electron chi connectivity index (χ4n) is 3.80. The van der Waals surface area contributed by atoms with Gasteiger partial charge in [-0.25, -0.2) is 17.9 Å². The van der Waals surface area contributed by atoms with Crippen molar-refractivity contribution in [2.75, 3.05) is 13.7 Å². The number of halogens is 1. The number of carbonyl (C=O) groups is 2. The van der Waals surface area contributed by atoms with Crippen LogP contribution in [-0.4, -0.2) is 51.3 Å². The van der Waals surface area contributed by atoms with Crippen LogP contribution < -0.4 is 20.1 Å². The molecule has 4 N–H and O–H groups in total. The van der Waals surface area contributed by atoms with Crippen LogP contribution in [0.25, 0.3) is 0 Å². The van der Waals surface area contributed by atoms with Gasteiger partial charge in [0.2, 0.25) is 0 Å². The number of aliphatic hydroxyl groups is 1. The molecule has 0 radical (unpaired) electrons. The average Bonchev–Trinajstić information content (AvgIpc) is 2.79. The van der Waals surface area contributed by atoms with Gasteiger partial charge in [-0.2, -0.15) is 0 Å². The summed E-state index contributed by atoms with van der Waals surface area (Å²) in [6, 6.07) is 9.73. The van der Waals surface area contributed by atoms with E-state index in [0.29, 0.717) is 48.6 Å². The molecule has 9 nitrogen and oxygen atoms in total. The third kappa shape index (κ3) is 7.09. The molecule has 2 atom stereocenters. The molecule has 1 fully saturated rings.